The third-order valence-corrected chi connectivity index (χ3v) is 3.86. The van der Waals surface area contributed by atoms with Crippen molar-refractivity contribution in [3.05, 3.63) is 29.6 Å². The zero-order chi connectivity index (χ0) is 12.3. The smallest absolute Gasteiger partial charge is 0.0406 e. The van der Waals surface area contributed by atoms with Crippen molar-refractivity contribution in [2.75, 3.05) is 14.1 Å². The van der Waals surface area contributed by atoms with E-state index in [9.17, 15) is 0 Å². The first kappa shape index (κ1) is 12.6. The summed E-state index contributed by atoms with van der Waals surface area (Å²) < 4.78 is 0. The molecular formula is C15H24N2. The molecular weight excluding hydrogens is 208 g/mol. The standard InChI is InChI=1S/C15H24N2/c1-4-5-12-6-7-14(16-11-12)8-13-9-15(10-13)17(2)3/h6-7,11,13,15H,4-5,8-10H2,1-3H3. The highest BCUT2D eigenvalue weighted by Crippen LogP contribution is 2.32. The van der Waals surface area contributed by atoms with Crippen molar-refractivity contribution in [1.82, 2.24) is 9.88 Å². The highest BCUT2D eigenvalue weighted by molar-refractivity contribution is 5.15. The summed E-state index contributed by atoms with van der Waals surface area (Å²) in [5.41, 5.74) is 2.64. The SMILES string of the molecule is CCCc1ccc(CC2CC(N(C)C)C2)nc1. The molecule has 1 aromatic rings. The summed E-state index contributed by atoms with van der Waals surface area (Å²) in [5, 5.41) is 0. The van der Waals surface area contributed by atoms with Crippen LogP contribution in [0.15, 0.2) is 18.3 Å². The minimum Gasteiger partial charge on any atom is -0.306 e. The molecule has 0 bridgehead atoms. The molecule has 1 aromatic heterocycles. The molecule has 0 N–H and O–H groups in total. The molecule has 1 heterocycles. The summed E-state index contributed by atoms with van der Waals surface area (Å²) in [5.74, 6) is 0.854. The van der Waals surface area contributed by atoms with Crippen molar-refractivity contribution in [1.29, 1.82) is 0 Å². The Kier molecular flexibility index (Phi) is 4.16. The monoisotopic (exact) mass is 232 g/mol. The number of pyridine rings is 1. The highest BCUT2D eigenvalue weighted by Gasteiger charge is 2.30. The van der Waals surface area contributed by atoms with Crippen molar-refractivity contribution in [3.8, 4) is 0 Å². The lowest BCUT2D eigenvalue weighted by molar-refractivity contribution is 0.123. The summed E-state index contributed by atoms with van der Waals surface area (Å²) in [4.78, 5) is 6.92. The van der Waals surface area contributed by atoms with Crippen LogP contribution in [0.1, 0.15) is 37.4 Å². The predicted octanol–water partition coefficient (Wildman–Crippen LogP) is 2.92. The molecule has 1 aliphatic rings. The van der Waals surface area contributed by atoms with E-state index in [1.807, 2.05) is 0 Å². The summed E-state index contributed by atoms with van der Waals surface area (Å²) in [6, 6.07) is 5.27. The van der Waals surface area contributed by atoms with Gasteiger partial charge in [0.15, 0.2) is 0 Å². The summed E-state index contributed by atoms with van der Waals surface area (Å²) >= 11 is 0. The largest absolute Gasteiger partial charge is 0.306 e. The van der Waals surface area contributed by atoms with Crippen LogP contribution in [-0.4, -0.2) is 30.0 Å². The van der Waals surface area contributed by atoms with Crippen LogP contribution < -0.4 is 0 Å². The molecule has 0 spiro atoms. The van der Waals surface area contributed by atoms with Gasteiger partial charge in [-0.1, -0.05) is 19.4 Å². The van der Waals surface area contributed by atoms with Crippen molar-refractivity contribution in [3.63, 3.8) is 0 Å². The van der Waals surface area contributed by atoms with Crippen LogP contribution in [0, 0.1) is 5.92 Å². The molecule has 0 radical (unpaired) electrons. The molecule has 2 rings (SSSR count). The lowest BCUT2D eigenvalue weighted by Gasteiger charge is -2.39. The minimum atomic E-state index is 0.805. The van der Waals surface area contributed by atoms with E-state index in [4.69, 9.17) is 0 Å². The van der Waals surface area contributed by atoms with Gasteiger partial charge in [0.05, 0.1) is 0 Å². The van der Waals surface area contributed by atoms with Gasteiger partial charge in [0.25, 0.3) is 0 Å². The fourth-order valence-electron chi connectivity index (χ4n) is 2.60. The third kappa shape index (κ3) is 3.29. The van der Waals surface area contributed by atoms with Gasteiger partial charge in [-0.15, -0.1) is 0 Å². The van der Waals surface area contributed by atoms with Gasteiger partial charge >= 0.3 is 0 Å². The van der Waals surface area contributed by atoms with Gasteiger partial charge in [-0.3, -0.25) is 4.98 Å². The Bertz CT molecular complexity index is 336. The van der Waals surface area contributed by atoms with E-state index in [0.29, 0.717) is 0 Å². The molecule has 0 aromatic carbocycles. The molecule has 1 aliphatic carbocycles. The van der Waals surface area contributed by atoms with Gasteiger partial charge < -0.3 is 4.90 Å². The van der Waals surface area contributed by atoms with E-state index in [2.05, 4.69) is 49.2 Å². The molecule has 1 saturated carbocycles. The zero-order valence-corrected chi connectivity index (χ0v) is 11.3. The number of aromatic nitrogens is 1. The Labute approximate surface area is 105 Å². The topological polar surface area (TPSA) is 16.1 Å². The van der Waals surface area contributed by atoms with E-state index in [-0.39, 0.29) is 0 Å². The lowest BCUT2D eigenvalue weighted by atomic mass is 9.77. The van der Waals surface area contributed by atoms with E-state index < -0.39 is 0 Å². The lowest BCUT2D eigenvalue weighted by Crippen LogP contribution is -2.41. The van der Waals surface area contributed by atoms with Gasteiger partial charge in [0.1, 0.15) is 0 Å². The van der Waals surface area contributed by atoms with E-state index in [1.165, 1.54) is 30.5 Å². The fourth-order valence-corrected chi connectivity index (χ4v) is 2.60. The Morgan fingerprint density at radius 1 is 1.29 bits per heavy atom. The second-order valence-electron chi connectivity index (χ2n) is 5.57. The summed E-state index contributed by atoms with van der Waals surface area (Å²) in [6.07, 6.45) is 8.25. The number of hydrogen-bond acceptors (Lipinski definition) is 2. The van der Waals surface area contributed by atoms with Gasteiger partial charge in [-0.2, -0.15) is 0 Å². The minimum absolute atomic E-state index is 0.805. The maximum Gasteiger partial charge on any atom is 0.0406 e. The van der Waals surface area contributed by atoms with Crippen LogP contribution in [0.2, 0.25) is 0 Å². The van der Waals surface area contributed by atoms with Crippen LogP contribution in [0.4, 0.5) is 0 Å². The van der Waals surface area contributed by atoms with Gasteiger partial charge in [-0.05, 0) is 57.3 Å². The van der Waals surface area contributed by atoms with Crippen molar-refractivity contribution >= 4 is 0 Å². The van der Waals surface area contributed by atoms with Crippen LogP contribution in [0.3, 0.4) is 0 Å². The Morgan fingerprint density at radius 2 is 2.06 bits per heavy atom. The second-order valence-corrected chi connectivity index (χ2v) is 5.57. The maximum absolute atomic E-state index is 4.58. The quantitative estimate of drug-likeness (QED) is 0.776. The second kappa shape index (κ2) is 5.63. The zero-order valence-electron chi connectivity index (χ0n) is 11.3. The van der Waals surface area contributed by atoms with E-state index >= 15 is 0 Å². The molecule has 17 heavy (non-hydrogen) atoms. The van der Waals surface area contributed by atoms with Crippen molar-refractivity contribution in [2.24, 2.45) is 5.92 Å². The molecule has 0 unspecified atom stereocenters. The number of aryl methyl sites for hydroxylation is 1. The average Bonchev–Trinajstić information content (AvgIpc) is 2.25. The molecule has 94 valence electrons. The molecule has 0 amide bonds. The van der Waals surface area contributed by atoms with E-state index in [1.54, 1.807) is 0 Å². The average molecular weight is 232 g/mol. The molecule has 0 aliphatic heterocycles. The molecule has 1 fully saturated rings. The fraction of sp³-hybridized carbons (Fsp3) is 0.667. The number of nitrogens with zero attached hydrogens (tertiary/aromatic N) is 2. The van der Waals surface area contributed by atoms with Crippen molar-refractivity contribution < 1.29 is 0 Å². The Hall–Kier alpha value is -0.890. The van der Waals surface area contributed by atoms with Gasteiger partial charge in [0.2, 0.25) is 0 Å². The normalized spacial score (nSPS) is 23.8. The van der Waals surface area contributed by atoms with Crippen molar-refractivity contribution in [2.45, 2.75) is 45.1 Å². The van der Waals surface area contributed by atoms with Gasteiger partial charge in [0, 0.05) is 17.9 Å². The molecule has 0 atom stereocenters. The Balaban J connectivity index is 1.80. The summed E-state index contributed by atoms with van der Waals surface area (Å²) in [7, 11) is 4.36. The van der Waals surface area contributed by atoms with Crippen LogP contribution in [0.5, 0.6) is 0 Å². The molecule has 2 heteroatoms. The van der Waals surface area contributed by atoms with Crippen LogP contribution >= 0.6 is 0 Å². The first-order valence-electron chi connectivity index (χ1n) is 6.79. The first-order chi connectivity index (χ1) is 8.19. The van der Waals surface area contributed by atoms with Crippen LogP contribution in [0.25, 0.3) is 0 Å². The van der Waals surface area contributed by atoms with Crippen LogP contribution in [-0.2, 0) is 12.8 Å². The molecule has 0 saturated heterocycles. The summed E-state index contributed by atoms with van der Waals surface area (Å²) in [6.45, 7) is 2.21. The van der Waals surface area contributed by atoms with Gasteiger partial charge in [-0.25, -0.2) is 0 Å². The predicted molar refractivity (Wildman–Crippen MR) is 72.1 cm³/mol. The third-order valence-electron chi connectivity index (χ3n) is 3.86. The van der Waals surface area contributed by atoms with E-state index in [0.717, 1.165) is 24.8 Å². The highest BCUT2D eigenvalue weighted by atomic mass is 15.1. The maximum atomic E-state index is 4.58. The number of hydrogen-bond donors (Lipinski definition) is 0. The Morgan fingerprint density at radius 3 is 2.59 bits per heavy atom. The molecule has 2 nitrogen and oxygen atoms in total. The number of rotatable bonds is 5. The first-order valence-corrected chi connectivity index (χ1v) is 6.79.